The maximum atomic E-state index is 13.1. The Balaban J connectivity index is 1.45. The van der Waals surface area contributed by atoms with Crippen molar-refractivity contribution in [3.05, 3.63) is 82.7 Å². The van der Waals surface area contributed by atoms with Gasteiger partial charge < -0.3 is 19.7 Å². The van der Waals surface area contributed by atoms with Gasteiger partial charge in [-0.15, -0.1) is 0 Å². The second-order valence-corrected chi connectivity index (χ2v) is 7.87. The minimum absolute atomic E-state index is 0.275. The molecule has 0 fully saturated rings. The first kappa shape index (κ1) is 19.3. The normalized spacial score (nSPS) is 15.5. The molecule has 0 spiro atoms. The minimum atomic E-state index is -0.436. The number of aryl methyl sites for hydroxylation is 1. The molecule has 2 N–H and O–H groups in total. The summed E-state index contributed by atoms with van der Waals surface area (Å²) in [5.41, 5.74) is 4.39. The maximum absolute atomic E-state index is 13.1. The van der Waals surface area contributed by atoms with Crippen molar-refractivity contribution in [2.45, 2.75) is 25.9 Å². The Labute approximate surface area is 183 Å². The molecule has 156 valence electrons. The molecule has 8 nitrogen and oxygen atoms in total. The van der Waals surface area contributed by atoms with Crippen molar-refractivity contribution in [1.29, 1.82) is 0 Å². The van der Waals surface area contributed by atoms with Crippen molar-refractivity contribution >= 4 is 23.3 Å². The molecule has 9 heteroatoms. The number of nitrogens with zero attached hydrogens (tertiary/aromatic N) is 4. The number of halogens is 1. The number of carbonyl (C=O) groups excluding carboxylic acids is 1. The highest BCUT2D eigenvalue weighted by molar-refractivity contribution is 6.30. The topological polar surface area (TPSA) is 99.9 Å². The van der Waals surface area contributed by atoms with Crippen LogP contribution in [0.5, 0.6) is 0 Å². The molecule has 2 aromatic heterocycles. The predicted molar refractivity (Wildman–Crippen MR) is 116 cm³/mol. The average Bonchev–Trinajstić information content (AvgIpc) is 3.43. The molecule has 0 radical (unpaired) electrons. The third-order valence-corrected chi connectivity index (χ3v) is 5.51. The quantitative estimate of drug-likeness (QED) is 0.484. The van der Waals surface area contributed by atoms with Gasteiger partial charge in [0.2, 0.25) is 11.7 Å². The standard InChI is InChI=1S/C22H19ClN6O2/c1-13-3-2-4-14(9-13)20-27-21(31-28-20)19-10-17-18(25-12-24-17)11-29(19)22(30)26-16-7-5-15(23)6-8-16/h2-9,12,19H,10-11H2,1H3,(H,24,25)(H,26,30). The van der Waals surface area contributed by atoms with Crippen LogP contribution in [0.1, 0.15) is 28.9 Å². The molecular weight excluding hydrogens is 416 g/mol. The van der Waals surface area contributed by atoms with Crippen molar-refractivity contribution in [3.63, 3.8) is 0 Å². The van der Waals surface area contributed by atoms with Gasteiger partial charge in [-0.3, -0.25) is 0 Å². The zero-order valence-electron chi connectivity index (χ0n) is 16.7. The van der Waals surface area contributed by atoms with E-state index in [0.29, 0.717) is 35.4 Å². The summed E-state index contributed by atoms with van der Waals surface area (Å²) < 4.78 is 5.60. The van der Waals surface area contributed by atoms with Crippen LogP contribution >= 0.6 is 11.6 Å². The van der Waals surface area contributed by atoms with E-state index in [9.17, 15) is 4.79 Å². The molecule has 2 amide bonds. The van der Waals surface area contributed by atoms with Crippen LogP contribution in [0.25, 0.3) is 11.4 Å². The number of nitrogens with one attached hydrogen (secondary N) is 2. The second-order valence-electron chi connectivity index (χ2n) is 7.44. The number of H-pyrrole nitrogens is 1. The molecule has 0 saturated heterocycles. The van der Waals surface area contributed by atoms with E-state index in [1.54, 1.807) is 35.5 Å². The van der Waals surface area contributed by atoms with Gasteiger partial charge in [-0.1, -0.05) is 40.5 Å². The van der Waals surface area contributed by atoms with Gasteiger partial charge in [0.05, 0.1) is 24.3 Å². The number of anilines is 1. The number of imidazole rings is 1. The lowest BCUT2D eigenvalue weighted by Gasteiger charge is -2.32. The molecule has 2 aromatic carbocycles. The van der Waals surface area contributed by atoms with Crippen molar-refractivity contribution < 1.29 is 9.32 Å². The lowest BCUT2D eigenvalue weighted by Crippen LogP contribution is -2.41. The SMILES string of the molecule is Cc1cccc(-c2noc(C3Cc4nc[nH]c4CN3C(=O)Nc3ccc(Cl)cc3)n2)c1. The van der Waals surface area contributed by atoms with E-state index in [4.69, 9.17) is 16.1 Å². The number of hydrogen-bond donors (Lipinski definition) is 2. The molecule has 1 unspecified atom stereocenters. The van der Waals surface area contributed by atoms with E-state index in [1.165, 1.54) is 0 Å². The van der Waals surface area contributed by atoms with Crippen molar-refractivity contribution in [2.75, 3.05) is 5.32 Å². The molecule has 3 heterocycles. The summed E-state index contributed by atoms with van der Waals surface area (Å²) in [6, 6.07) is 14.1. The van der Waals surface area contributed by atoms with Crippen LogP contribution < -0.4 is 5.32 Å². The largest absolute Gasteiger partial charge is 0.347 e. The van der Waals surface area contributed by atoms with E-state index in [-0.39, 0.29) is 6.03 Å². The maximum Gasteiger partial charge on any atom is 0.322 e. The molecule has 1 atom stereocenters. The molecule has 1 aliphatic rings. The molecule has 5 rings (SSSR count). The monoisotopic (exact) mass is 434 g/mol. The Morgan fingerprint density at radius 3 is 2.90 bits per heavy atom. The van der Waals surface area contributed by atoms with E-state index < -0.39 is 6.04 Å². The summed E-state index contributed by atoms with van der Waals surface area (Å²) >= 11 is 5.94. The molecular formula is C22H19ClN6O2. The van der Waals surface area contributed by atoms with Crippen LogP contribution in [0.4, 0.5) is 10.5 Å². The van der Waals surface area contributed by atoms with Crippen molar-refractivity contribution in [3.8, 4) is 11.4 Å². The van der Waals surface area contributed by atoms with Crippen molar-refractivity contribution in [1.82, 2.24) is 25.0 Å². The summed E-state index contributed by atoms with van der Waals surface area (Å²) in [7, 11) is 0. The zero-order chi connectivity index (χ0) is 21.4. The highest BCUT2D eigenvalue weighted by atomic mass is 35.5. The van der Waals surface area contributed by atoms with Gasteiger partial charge in [0, 0.05) is 22.7 Å². The van der Waals surface area contributed by atoms with Gasteiger partial charge in [-0.05, 0) is 37.3 Å². The number of urea groups is 1. The first-order valence-electron chi connectivity index (χ1n) is 9.82. The van der Waals surface area contributed by atoms with Gasteiger partial charge in [0.25, 0.3) is 0 Å². The van der Waals surface area contributed by atoms with E-state index in [0.717, 1.165) is 22.5 Å². The van der Waals surface area contributed by atoms with Crippen LogP contribution in [0.15, 0.2) is 59.4 Å². The zero-order valence-corrected chi connectivity index (χ0v) is 17.4. The highest BCUT2D eigenvalue weighted by Gasteiger charge is 2.36. The van der Waals surface area contributed by atoms with Crippen LogP contribution in [-0.4, -0.2) is 31.0 Å². The number of aromatic nitrogens is 4. The Morgan fingerprint density at radius 2 is 2.10 bits per heavy atom. The number of amides is 2. The second kappa shape index (κ2) is 7.88. The van der Waals surface area contributed by atoms with E-state index in [1.807, 2.05) is 31.2 Å². The van der Waals surface area contributed by atoms with Crippen molar-refractivity contribution in [2.24, 2.45) is 0 Å². The summed E-state index contributed by atoms with van der Waals surface area (Å²) in [4.78, 5) is 26.9. The first-order chi connectivity index (χ1) is 15.1. The Morgan fingerprint density at radius 1 is 1.26 bits per heavy atom. The van der Waals surface area contributed by atoms with Crippen LogP contribution in [0.3, 0.4) is 0 Å². The van der Waals surface area contributed by atoms with Gasteiger partial charge in [-0.2, -0.15) is 4.98 Å². The van der Waals surface area contributed by atoms with Crippen LogP contribution in [0.2, 0.25) is 5.02 Å². The summed E-state index contributed by atoms with van der Waals surface area (Å²) in [5, 5.41) is 7.66. The molecule has 0 saturated carbocycles. The third-order valence-electron chi connectivity index (χ3n) is 5.26. The Hall–Kier alpha value is -3.65. The van der Waals surface area contributed by atoms with E-state index in [2.05, 4.69) is 25.4 Å². The van der Waals surface area contributed by atoms with E-state index >= 15 is 0 Å². The third kappa shape index (κ3) is 3.89. The summed E-state index contributed by atoms with van der Waals surface area (Å²) in [6.07, 6.45) is 2.11. The molecule has 0 bridgehead atoms. The van der Waals surface area contributed by atoms with Crippen LogP contribution in [0, 0.1) is 6.92 Å². The number of fused-ring (bicyclic) bond motifs is 1. The van der Waals surface area contributed by atoms with Gasteiger partial charge in [0.1, 0.15) is 6.04 Å². The molecule has 31 heavy (non-hydrogen) atoms. The van der Waals surface area contributed by atoms with Gasteiger partial charge in [-0.25, -0.2) is 9.78 Å². The number of benzene rings is 2. The number of aromatic amines is 1. The fourth-order valence-corrected chi connectivity index (χ4v) is 3.80. The highest BCUT2D eigenvalue weighted by Crippen LogP contribution is 2.32. The lowest BCUT2D eigenvalue weighted by molar-refractivity contribution is 0.155. The molecule has 0 aliphatic carbocycles. The number of carbonyl (C=O) groups is 1. The van der Waals surface area contributed by atoms with Crippen LogP contribution in [-0.2, 0) is 13.0 Å². The van der Waals surface area contributed by atoms with Gasteiger partial charge >= 0.3 is 6.03 Å². The Bertz CT molecular complexity index is 1230. The minimum Gasteiger partial charge on any atom is -0.347 e. The fraction of sp³-hybridized carbons (Fsp3) is 0.182. The fourth-order valence-electron chi connectivity index (χ4n) is 3.67. The molecule has 1 aliphatic heterocycles. The number of rotatable bonds is 3. The predicted octanol–water partition coefficient (Wildman–Crippen LogP) is 4.75. The smallest absolute Gasteiger partial charge is 0.322 e. The summed E-state index contributed by atoms with van der Waals surface area (Å²) in [5.74, 6) is 0.862. The average molecular weight is 435 g/mol. The summed E-state index contributed by atoms with van der Waals surface area (Å²) in [6.45, 7) is 2.36. The molecule has 4 aromatic rings. The van der Waals surface area contributed by atoms with Gasteiger partial charge in [0.15, 0.2) is 0 Å². The first-order valence-corrected chi connectivity index (χ1v) is 10.2. The Kier molecular flexibility index (Phi) is 4.91. The number of hydrogen-bond acceptors (Lipinski definition) is 5. The lowest BCUT2D eigenvalue weighted by atomic mass is 10.0.